The van der Waals surface area contributed by atoms with Gasteiger partial charge in [0.15, 0.2) is 0 Å². The van der Waals surface area contributed by atoms with E-state index in [0.29, 0.717) is 11.3 Å². The summed E-state index contributed by atoms with van der Waals surface area (Å²) in [6, 6.07) is 10.0. The molecule has 1 saturated heterocycles. The summed E-state index contributed by atoms with van der Waals surface area (Å²) >= 11 is 0. The van der Waals surface area contributed by atoms with Gasteiger partial charge in [0.05, 0.1) is 23.4 Å². The predicted molar refractivity (Wildman–Crippen MR) is 122 cm³/mol. The first-order valence-electron chi connectivity index (χ1n) is 11.2. The summed E-state index contributed by atoms with van der Waals surface area (Å²) in [7, 11) is 0. The molecule has 3 atom stereocenters. The Balaban J connectivity index is 1.75. The first-order chi connectivity index (χ1) is 15.5. The van der Waals surface area contributed by atoms with Crippen LogP contribution in [0.3, 0.4) is 0 Å². The lowest BCUT2D eigenvalue weighted by Gasteiger charge is -2.28. The van der Waals surface area contributed by atoms with Crippen molar-refractivity contribution in [2.45, 2.75) is 71.1 Å². The molecular formula is C25H32N4O4. The van der Waals surface area contributed by atoms with Crippen LogP contribution in [0.15, 0.2) is 34.9 Å². The van der Waals surface area contributed by atoms with Gasteiger partial charge in [-0.2, -0.15) is 5.26 Å². The van der Waals surface area contributed by atoms with Gasteiger partial charge in [-0.1, -0.05) is 51.9 Å². The molecule has 3 rings (SSSR count). The molecule has 2 heterocycles. The Labute approximate surface area is 194 Å². The second kappa shape index (κ2) is 9.75. The topological polar surface area (TPSA) is 119 Å². The second-order valence-electron chi connectivity index (χ2n) is 10.0. The molecule has 1 aliphatic heterocycles. The molecule has 0 unspecified atom stereocenters. The molecule has 0 radical (unpaired) electrons. The molecule has 1 aromatic carbocycles. The lowest BCUT2D eigenvalue weighted by Crippen LogP contribution is -2.48. The Kier molecular flexibility index (Phi) is 7.23. The summed E-state index contributed by atoms with van der Waals surface area (Å²) in [5, 5.41) is 26.2. The monoisotopic (exact) mass is 452 g/mol. The summed E-state index contributed by atoms with van der Waals surface area (Å²) in [5.74, 6) is -0.791. The zero-order chi connectivity index (χ0) is 24.3. The minimum atomic E-state index is -0.771. The van der Waals surface area contributed by atoms with Crippen LogP contribution in [0.4, 0.5) is 0 Å². The standard InChI is InChI=1S/C25H32N4O4/c1-15(2)22(20-11-21(28-33-20)25(3,4)5)24(32)29-14-18(30)10-19(29)23(31)27-13-17-8-6-16(12-26)7-9-17/h6-9,11,15,18-19,22,30H,10,13-14H2,1-5H3,(H,27,31)/t18-,19+,22-/m1/s1. The molecular weight excluding hydrogens is 420 g/mol. The van der Waals surface area contributed by atoms with E-state index in [1.165, 1.54) is 4.90 Å². The Morgan fingerprint density at radius 3 is 2.52 bits per heavy atom. The highest BCUT2D eigenvalue weighted by molar-refractivity contribution is 5.91. The van der Waals surface area contributed by atoms with Crippen LogP contribution < -0.4 is 5.32 Å². The van der Waals surface area contributed by atoms with Crippen molar-refractivity contribution in [1.82, 2.24) is 15.4 Å². The van der Waals surface area contributed by atoms with Gasteiger partial charge in [0, 0.05) is 31.0 Å². The predicted octanol–water partition coefficient (Wildman–Crippen LogP) is 2.86. The first kappa shape index (κ1) is 24.5. The lowest BCUT2D eigenvalue weighted by atomic mass is 9.88. The number of aromatic nitrogens is 1. The molecule has 176 valence electrons. The van der Waals surface area contributed by atoms with Crippen molar-refractivity contribution in [2.24, 2.45) is 5.92 Å². The van der Waals surface area contributed by atoms with Crippen molar-refractivity contribution in [3.8, 4) is 6.07 Å². The van der Waals surface area contributed by atoms with E-state index in [4.69, 9.17) is 9.78 Å². The van der Waals surface area contributed by atoms with Gasteiger partial charge in [-0.25, -0.2) is 0 Å². The Morgan fingerprint density at radius 1 is 1.30 bits per heavy atom. The van der Waals surface area contributed by atoms with Gasteiger partial charge in [-0.3, -0.25) is 9.59 Å². The zero-order valence-electron chi connectivity index (χ0n) is 19.8. The van der Waals surface area contributed by atoms with Crippen molar-refractivity contribution < 1.29 is 19.2 Å². The number of nitrogens with one attached hydrogen (secondary N) is 1. The van der Waals surface area contributed by atoms with Gasteiger partial charge in [0.2, 0.25) is 11.8 Å². The van der Waals surface area contributed by atoms with Crippen LogP contribution >= 0.6 is 0 Å². The molecule has 0 bridgehead atoms. The van der Waals surface area contributed by atoms with Crippen LogP contribution in [0.2, 0.25) is 0 Å². The number of amides is 2. The van der Waals surface area contributed by atoms with Gasteiger partial charge in [0.25, 0.3) is 0 Å². The van der Waals surface area contributed by atoms with Crippen molar-refractivity contribution in [3.05, 3.63) is 52.9 Å². The third-order valence-electron chi connectivity index (χ3n) is 5.95. The summed E-state index contributed by atoms with van der Waals surface area (Å²) in [6.07, 6.45) is -0.591. The minimum Gasteiger partial charge on any atom is -0.391 e. The average Bonchev–Trinajstić information content (AvgIpc) is 3.39. The van der Waals surface area contributed by atoms with Crippen molar-refractivity contribution in [3.63, 3.8) is 0 Å². The maximum atomic E-state index is 13.6. The number of hydrogen-bond donors (Lipinski definition) is 2. The number of nitrogens with zero attached hydrogens (tertiary/aromatic N) is 3. The van der Waals surface area contributed by atoms with Crippen LogP contribution in [0.1, 0.15) is 69.5 Å². The largest absolute Gasteiger partial charge is 0.391 e. The summed E-state index contributed by atoms with van der Waals surface area (Å²) in [6.45, 7) is 10.3. The fourth-order valence-corrected chi connectivity index (χ4v) is 4.01. The Bertz CT molecular complexity index is 1030. The number of aliphatic hydroxyl groups is 1. The highest BCUT2D eigenvalue weighted by Crippen LogP contribution is 2.33. The number of nitriles is 1. The van der Waals surface area contributed by atoms with Crippen LogP contribution in [0.5, 0.6) is 0 Å². The SMILES string of the molecule is CC(C)[C@@H](C(=O)N1C[C@H](O)C[C@H]1C(=O)NCc1ccc(C#N)cc1)c1cc(C(C)(C)C)no1. The van der Waals surface area contributed by atoms with Crippen LogP contribution in [-0.2, 0) is 21.5 Å². The summed E-state index contributed by atoms with van der Waals surface area (Å²) < 4.78 is 5.56. The average molecular weight is 453 g/mol. The van der Waals surface area contributed by atoms with E-state index >= 15 is 0 Å². The molecule has 0 aliphatic carbocycles. The van der Waals surface area contributed by atoms with Crippen molar-refractivity contribution in [2.75, 3.05) is 6.54 Å². The van der Waals surface area contributed by atoms with Crippen molar-refractivity contribution >= 4 is 11.8 Å². The molecule has 2 aromatic rings. The highest BCUT2D eigenvalue weighted by Gasteiger charge is 2.43. The quantitative estimate of drug-likeness (QED) is 0.696. The van der Waals surface area contributed by atoms with Gasteiger partial charge >= 0.3 is 0 Å². The van der Waals surface area contributed by atoms with Gasteiger partial charge in [-0.05, 0) is 23.6 Å². The molecule has 1 aliphatic rings. The molecule has 1 aromatic heterocycles. The molecule has 0 spiro atoms. The van der Waals surface area contributed by atoms with Crippen LogP contribution in [0.25, 0.3) is 0 Å². The zero-order valence-corrected chi connectivity index (χ0v) is 19.8. The lowest BCUT2D eigenvalue weighted by molar-refractivity contribution is -0.141. The van der Waals surface area contributed by atoms with Gasteiger partial charge in [-0.15, -0.1) is 0 Å². The second-order valence-corrected chi connectivity index (χ2v) is 10.0. The molecule has 0 saturated carbocycles. The molecule has 2 N–H and O–H groups in total. The number of hydrogen-bond acceptors (Lipinski definition) is 6. The molecule has 8 nitrogen and oxygen atoms in total. The molecule has 8 heteroatoms. The number of β-amino-alcohol motifs (C(OH)–C–C–N with tert-alkyl or cyclic N) is 1. The van der Waals surface area contributed by atoms with Gasteiger partial charge < -0.3 is 19.8 Å². The van der Waals surface area contributed by atoms with E-state index < -0.39 is 18.1 Å². The smallest absolute Gasteiger partial charge is 0.243 e. The third kappa shape index (κ3) is 5.60. The van der Waals surface area contributed by atoms with Crippen LogP contribution in [-0.4, -0.2) is 45.7 Å². The number of likely N-dealkylation sites (tertiary alicyclic amines) is 1. The molecule has 2 amide bonds. The van der Waals surface area contributed by atoms with E-state index in [1.807, 2.05) is 40.7 Å². The fourth-order valence-electron chi connectivity index (χ4n) is 4.01. The number of rotatable bonds is 6. The normalized spacial score (nSPS) is 19.4. The number of carbonyl (C=O) groups excluding carboxylic acids is 2. The number of carbonyl (C=O) groups is 2. The van der Waals surface area contributed by atoms with Crippen molar-refractivity contribution in [1.29, 1.82) is 5.26 Å². The molecule has 33 heavy (non-hydrogen) atoms. The molecule has 1 fully saturated rings. The third-order valence-corrected chi connectivity index (χ3v) is 5.95. The van der Waals surface area contributed by atoms with E-state index in [-0.39, 0.29) is 42.7 Å². The van der Waals surface area contributed by atoms with E-state index in [1.54, 1.807) is 24.3 Å². The Morgan fingerprint density at radius 2 is 1.97 bits per heavy atom. The maximum Gasteiger partial charge on any atom is 0.243 e. The van der Waals surface area contributed by atoms with Gasteiger partial charge in [0.1, 0.15) is 17.7 Å². The van der Waals surface area contributed by atoms with E-state index in [2.05, 4.69) is 16.5 Å². The first-order valence-corrected chi connectivity index (χ1v) is 11.2. The van der Waals surface area contributed by atoms with Crippen LogP contribution in [0, 0.1) is 17.2 Å². The highest BCUT2D eigenvalue weighted by atomic mass is 16.5. The van der Waals surface area contributed by atoms with E-state index in [0.717, 1.165) is 11.3 Å². The van der Waals surface area contributed by atoms with E-state index in [9.17, 15) is 14.7 Å². The summed E-state index contributed by atoms with van der Waals surface area (Å²) in [4.78, 5) is 28.0. The Hall–Kier alpha value is -3.18. The minimum absolute atomic E-state index is 0.0848. The maximum absolute atomic E-state index is 13.6. The number of benzene rings is 1. The summed E-state index contributed by atoms with van der Waals surface area (Å²) in [5.41, 5.74) is 1.93. The fraction of sp³-hybridized carbons (Fsp3) is 0.520. The number of aliphatic hydroxyl groups excluding tert-OH is 1.